The predicted molar refractivity (Wildman–Crippen MR) is 90.3 cm³/mol. The van der Waals surface area contributed by atoms with Crippen molar-refractivity contribution in [2.75, 3.05) is 10.7 Å². The Morgan fingerprint density at radius 3 is 2.68 bits per heavy atom. The highest BCUT2D eigenvalue weighted by atomic mass is 35.5. The number of aryl methyl sites for hydroxylation is 1. The van der Waals surface area contributed by atoms with Crippen LogP contribution in [0.25, 0.3) is 0 Å². The number of carbonyl (C=O) groups excluding carboxylic acids is 1. The Bertz CT molecular complexity index is 753. The topological polar surface area (TPSA) is 20.3 Å². The van der Waals surface area contributed by atoms with Crippen LogP contribution in [-0.4, -0.2) is 11.7 Å². The minimum atomic E-state index is -0.330. The van der Waals surface area contributed by atoms with E-state index in [0.29, 0.717) is 27.0 Å². The zero-order chi connectivity index (χ0) is 15.9. The van der Waals surface area contributed by atoms with Crippen LogP contribution in [-0.2, 0) is 4.79 Å². The minimum Gasteiger partial charge on any atom is -0.295 e. The zero-order valence-electron chi connectivity index (χ0n) is 11.6. The van der Waals surface area contributed by atoms with E-state index in [-0.39, 0.29) is 17.1 Å². The fourth-order valence-corrected chi connectivity index (χ4v) is 4.16. The number of nitrogens with zero attached hydrogens (tertiary/aromatic N) is 1. The van der Waals surface area contributed by atoms with Gasteiger partial charge in [0.15, 0.2) is 0 Å². The molecule has 1 saturated heterocycles. The summed E-state index contributed by atoms with van der Waals surface area (Å²) in [5.41, 5.74) is 1.88. The number of benzene rings is 2. The van der Waals surface area contributed by atoms with Gasteiger partial charge in [-0.2, -0.15) is 0 Å². The summed E-state index contributed by atoms with van der Waals surface area (Å²) in [6.45, 7) is 1.69. The summed E-state index contributed by atoms with van der Waals surface area (Å²) in [7, 11) is 0. The summed E-state index contributed by atoms with van der Waals surface area (Å²) < 4.78 is 13.8. The molecule has 1 amide bonds. The molecule has 1 heterocycles. The molecule has 2 aromatic carbocycles. The van der Waals surface area contributed by atoms with Gasteiger partial charge in [0, 0.05) is 21.3 Å². The molecule has 114 valence electrons. The van der Waals surface area contributed by atoms with Gasteiger partial charge in [-0.1, -0.05) is 35.3 Å². The molecule has 3 rings (SSSR count). The first-order valence-corrected chi connectivity index (χ1v) is 8.42. The number of halogens is 3. The van der Waals surface area contributed by atoms with Crippen LogP contribution in [0.15, 0.2) is 36.4 Å². The zero-order valence-corrected chi connectivity index (χ0v) is 14.0. The van der Waals surface area contributed by atoms with E-state index >= 15 is 0 Å². The number of hydrogen-bond donors (Lipinski definition) is 0. The molecule has 2 nitrogen and oxygen atoms in total. The lowest BCUT2D eigenvalue weighted by molar-refractivity contribution is -0.115. The van der Waals surface area contributed by atoms with Crippen LogP contribution in [0.5, 0.6) is 0 Å². The molecular weight excluding hydrogens is 344 g/mol. The van der Waals surface area contributed by atoms with E-state index in [1.54, 1.807) is 42.2 Å². The lowest BCUT2D eigenvalue weighted by atomic mass is 10.1. The van der Waals surface area contributed by atoms with Crippen LogP contribution in [0.2, 0.25) is 10.0 Å². The van der Waals surface area contributed by atoms with E-state index in [0.717, 1.165) is 5.56 Å². The van der Waals surface area contributed by atoms with Crippen LogP contribution in [0.1, 0.15) is 16.5 Å². The molecular formula is C16H12Cl2FNOS. The molecule has 2 aromatic rings. The van der Waals surface area contributed by atoms with Gasteiger partial charge >= 0.3 is 0 Å². The minimum absolute atomic E-state index is 0.0655. The Hall–Kier alpha value is -1.23. The summed E-state index contributed by atoms with van der Waals surface area (Å²) >= 11 is 13.6. The first-order valence-electron chi connectivity index (χ1n) is 6.62. The molecule has 22 heavy (non-hydrogen) atoms. The molecule has 0 N–H and O–H groups in total. The quantitative estimate of drug-likeness (QED) is 0.735. The Morgan fingerprint density at radius 1 is 1.23 bits per heavy atom. The number of amides is 1. The monoisotopic (exact) mass is 355 g/mol. The second kappa shape index (κ2) is 6.11. The van der Waals surface area contributed by atoms with Gasteiger partial charge in [-0.25, -0.2) is 4.39 Å². The fourth-order valence-electron chi connectivity index (χ4n) is 2.37. The summed E-state index contributed by atoms with van der Waals surface area (Å²) in [5.74, 6) is -0.0634. The van der Waals surface area contributed by atoms with Crippen molar-refractivity contribution in [1.29, 1.82) is 0 Å². The number of hydrogen-bond acceptors (Lipinski definition) is 2. The maximum Gasteiger partial charge on any atom is 0.238 e. The van der Waals surface area contributed by atoms with Crippen molar-refractivity contribution in [2.24, 2.45) is 0 Å². The van der Waals surface area contributed by atoms with E-state index in [1.165, 1.54) is 17.8 Å². The Balaban J connectivity index is 2.03. The maximum absolute atomic E-state index is 13.8. The third kappa shape index (κ3) is 2.83. The molecule has 0 saturated carbocycles. The summed E-state index contributed by atoms with van der Waals surface area (Å²) in [5, 5.41) is 0.757. The van der Waals surface area contributed by atoms with Gasteiger partial charge < -0.3 is 0 Å². The van der Waals surface area contributed by atoms with Crippen LogP contribution in [0, 0.1) is 12.7 Å². The first-order chi connectivity index (χ1) is 10.5. The lowest BCUT2D eigenvalue weighted by Crippen LogP contribution is -2.28. The van der Waals surface area contributed by atoms with Crippen LogP contribution in [0.4, 0.5) is 10.1 Å². The molecule has 1 unspecified atom stereocenters. The van der Waals surface area contributed by atoms with Gasteiger partial charge in [-0.05, 0) is 36.8 Å². The Kier molecular flexibility index (Phi) is 4.35. The highest BCUT2D eigenvalue weighted by molar-refractivity contribution is 8.00. The van der Waals surface area contributed by atoms with Crippen molar-refractivity contribution in [3.8, 4) is 0 Å². The average Bonchev–Trinajstić information content (AvgIpc) is 2.84. The van der Waals surface area contributed by atoms with Gasteiger partial charge in [0.05, 0.1) is 5.75 Å². The van der Waals surface area contributed by atoms with Crippen molar-refractivity contribution in [3.63, 3.8) is 0 Å². The van der Waals surface area contributed by atoms with E-state index in [1.807, 2.05) is 0 Å². The maximum atomic E-state index is 13.8. The molecule has 1 atom stereocenters. The second-order valence-corrected chi connectivity index (χ2v) is 6.94. The summed E-state index contributed by atoms with van der Waals surface area (Å²) in [4.78, 5) is 13.8. The Morgan fingerprint density at radius 2 is 2.00 bits per heavy atom. The van der Waals surface area contributed by atoms with Gasteiger partial charge in [0.25, 0.3) is 0 Å². The van der Waals surface area contributed by atoms with Gasteiger partial charge in [-0.15, -0.1) is 11.8 Å². The number of thioether (sulfide) groups is 1. The van der Waals surface area contributed by atoms with Crippen molar-refractivity contribution in [1.82, 2.24) is 0 Å². The molecule has 6 heteroatoms. The average molecular weight is 356 g/mol. The molecule has 0 radical (unpaired) electrons. The predicted octanol–water partition coefficient (Wildman–Crippen LogP) is 5.22. The Labute approximate surface area is 142 Å². The highest BCUT2D eigenvalue weighted by Gasteiger charge is 2.35. The summed E-state index contributed by atoms with van der Waals surface area (Å²) in [6, 6.07) is 9.99. The molecule has 1 aliphatic heterocycles. The largest absolute Gasteiger partial charge is 0.295 e. The lowest BCUT2D eigenvalue weighted by Gasteiger charge is -2.25. The van der Waals surface area contributed by atoms with Crippen molar-refractivity contribution >= 4 is 46.6 Å². The molecule has 0 bridgehead atoms. The standard InChI is InChI=1S/C16H12Cl2FNOS/c1-9-2-4-11(7-14(9)19)20-15(21)8-22-16(20)12-5-3-10(17)6-13(12)18/h2-7,16H,8H2,1H3. The third-order valence-corrected chi connectivity index (χ3v) is 5.29. The van der Waals surface area contributed by atoms with Crippen molar-refractivity contribution < 1.29 is 9.18 Å². The van der Waals surface area contributed by atoms with Gasteiger partial charge in [-0.3, -0.25) is 9.69 Å². The normalized spacial score (nSPS) is 18.1. The van der Waals surface area contributed by atoms with E-state index < -0.39 is 0 Å². The smallest absolute Gasteiger partial charge is 0.238 e. The SMILES string of the molecule is Cc1ccc(N2C(=O)CSC2c2ccc(Cl)cc2Cl)cc1F. The van der Waals surface area contributed by atoms with Crippen LogP contribution < -0.4 is 4.90 Å². The number of carbonyl (C=O) groups is 1. The van der Waals surface area contributed by atoms with Crippen LogP contribution >= 0.6 is 35.0 Å². The van der Waals surface area contributed by atoms with E-state index in [2.05, 4.69) is 0 Å². The van der Waals surface area contributed by atoms with Crippen LogP contribution in [0.3, 0.4) is 0 Å². The van der Waals surface area contributed by atoms with Gasteiger partial charge in [0.1, 0.15) is 11.2 Å². The van der Waals surface area contributed by atoms with Crippen molar-refractivity contribution in [2.45, 2.75) is 12.3 Å². The van der Waals surface area contributed by atoms with Crippen molar-refractivity contribution in [3.05, 3.63) is 63.4 Å². The molecule has 0 aromatic heterocycles. The first kappa shape index (κ1) is 15.7. The molecule has 0 spiro atoms. The fraction of sp³-hybridized carbons (Fsp3) is 0.188. The summed E-state index contributed by atoms with van der Waals surface area (Å²) in [6.07, 6.45) is 0. The number of anilines is 1. The molecule has 1 aliphatic rings. The number of rotatable bonds is 2. The second-order valence-electron chi connectivity index (χ2n) is 5.03. The van der Waals surface area contributed by atoms with Gasteiger partial charge in [0.2, 0.25) is 5.91 Å². The highest BCUT2D eigenvalue weighted by Crippen LogP contribution is 2.44. The van der Waals surface area contributed by atoms with E-state index in [4.69, 9.17) is 23.2 Å². The third-order valence-electron chi connectivity index (χ3n) is 3.53. The molecule has 0 aliphatic carbocycles. The van der Waals surface area contributed by atoms with E-state index in [9.17, 15) is 9.18 Å². The molecule has 1 fully saturated rings.